The number of hydrogen-bond acceptors (Lipinski definition) is 5. The van der Waals surface area contributed by atoms with Crippen molar-refractivity contribution in [3.8, 4) is 11.5 Å². The zero-order valence-electron chi connectivity index (χ0n) is 21.5. The summed E-state index contributed by atoms with van der Waals surface area (Å²) in [7, 11) is 3.12. The van der Waals surface area contributed by atoms with Gasteiger partial charge in [-0.2, -0.15) is 0 Å². The Morgan fingerprint density at radius 1 is 0.868 bits per heavy atom. The number of nitrogens with zero attached hydrogens (tertiary/aromatic N) is 2. The van der Waals surface area contributed by atoms with Crippen molar-refractivity contribution in [2.45, 2.75) is 19.1 Å². The quantitative estimate of drug-likeness (QED) is 0.285. The van der Waals surface area contributed by atoms with E-state index < -0.39 is 5.60 Å². The number of aliphatic hydroxyl groups is 1. The van der Waals surface area contributed by atoms with Gasteiger partial charge in [0.05, 0.1) is 25.3 Å². The standard InChI is InChI=1S/C31H29N3O4/c1-4-34-28-17-21(29(35)32-24-18-25(37-2)20-26(19-24)38-3)15-16-27(28)33-30(34)31(36,22-11-7-5-8-12-22)23-13-9-6-10-14-23/h5-20,36H,4H2,1-3H3,(H,32,35). The Morgan fingerprint density at radius 3 is 1.97 bits per heavy atom. The molecule has 5 rings (SSSR count). The minimum Gasteiger partial charge on any atom is -0.497 e. The SMILES string of the molecule is CCn1c(C(O)(c2ccccc2)c2ccccc2)nc2ccc(C(=O)Nc3cc(OC)cc(OC)c3)cc21. The van der Waals surface area contributed by atoms with Gasteiger partial charge in [0.15, 0.2) is 11.4 Å². The molecule has 38 heavy (non-hydrogen) atoms. The van der Waals surface area contributed by atoms with Crippen molar-refractivity contribution in [2.75, 3.05) is 19.5 Å². The predicted molar refractivity (Wildman–Crippen MR) is 148 cm³/mol. The maximum absolute atomic E-state index is 13.2. The summed E-state index contributed by atoms with van der Waals surface area (Å²) in [6, 6.07) is 29.6. The molecule has 1 aromatic heterocycles. The second-order valence-electron chi connectivity index (χ2n) is 8.88. The van der Waals surface area contributed by atoms with Crippen LogP contribution in [-0.4, -0.2) is 34.8 Å². The Kier molecular flexibility index (Phi) is 6.85. The molecule has 0 atom stereocenters. The van der Waals surface area contributed by atoms with Gasteiger partial charge >= 0.3 is 0 Å². The van der Waals surface area contributed by atoms with Gasteiger partial charge in [-0.05, 0) is 36.2 Å². The van der Waals surface area contributed by atoms with Gasteiger partial charge in [-0.15, -0.1) is 0 Å². The lowest BCUT2D eigenvalue weighted by Crippen LogP contribution is -2.32. The molecular weight excluding hydrogens is 478 g/mol. The molecule has 0 saturated heterocycles. The molecule has 5 aromatic rings. The van der Waals surface area contributed by atoms with Crippen LogP contribution in [0.15, 0.2) is 97.1 Å². The molecule has 0 fully saturated rings. The normalized spacial score (nSPS) is 11.4. The van der Waals surface area contributed by atoms with Crippen molar-refractivity contribution < 1.29 is 19.4 Å². The summed E-state index contributed by atoms with van der Waals surface area (Å²) >= 11 is 0. The highest BCUT2D eigenvalue weighted by molar-refractivity contribution is 6.06. The Hall–Kier alpha value is -4.62. The minimum absolute atomic E-state index is 0.283. The number of anilines is 1. The fourth-order valence-electron chi connectivity index (χ4n) is 4.73. The first-order chi connectivity index (χ1) is 18.5. The van der Waals surface area contributed by atoms with E-state index in [2.05, 4.69) is 5.32 Å². The van der Waals surface area contributed by atoms with Crippen LogP contribution in [0.1, 0.15) is 34.2 Å². The summed E-state index contributed by atoms with van der Waals surface area (Å²) in [6.07, 6.45) is 0. The van der Waals surface area contributed by atoms with Gasteiger partial charge in [0.1, 0.15) is 11.5 Å². The van der Waals surface area contributed by atoms with Crippen LogP contribution in [-0.2, 0) is 12.1 Å². The number of hydrogen-bond donors (Lipinski definition) is 2. The Morgan fingerprint density at radius 2 is 1.45 bits per heavy atom. The van der Waals surface area contributed by atoms with E-state index in [0.29, 0.717) is 51.8 Å². The summed E-state index contributed by atoms with van der Waals surface area (Å²) < 4.78 is 12.6. The van der Waals surface area contributed by atoms with E-state index in [0.717, 1.165) is 5.52 Å². The van der Waals surface area contributed by atoms with Gasteiger partial charge in [-0.25, -0.2) is 4.98 Å². The molecule has 0 saturated carbocycles. The van der Waals surface area contributed by atoms with Crippen LogP contribution in [0.25, 0.3) is 11.0 Å². The van der Waals surface area contributed by atoms with Gasteiger partial charge in [-0.3, -0.25) is 4.79 Å². The molecule has 7 heteroatoms. The zero-order valence-corrected chi connectivity index (χ0v) is 21.5. The molecule has 0 radical (unpaired) electrons. The van der Waals surface area contributed by atoms with Crippen LogP contribution >= 0.6 is 0 Å². The number of rotatable bonds is 8. The van der Waals surface area contributed by atoms with E-state index in [4.69, 9.17) is 14.5 Å². The second-order valence-corrected chi connectivity index (χ2v) is 8.88. The number of carbonyl (C=O) groups excluding carboxylic acids is 1. The smallest absolute Gasteiger partial charge is 0.255 e. The van der Waals surface area contributed by atoms with Gasteiger partial charge in [0.2, 0.25) is 0 Å². The fourth-order valence-corrected chi connectivity index (χ4v) is 4.73. The van der Waals surface area contributed by atoms with Crippen LogP contribution in [0.2, 0.25) is 0 Å². The van der Waals surface area contributed by atoms with Gasteiger partial charge in [-0.1, -0.05) is 60.7 Å². The fraction of sp³-hybridized carbons (Fsp3) is 0.161. The zero-order chi connectivity index (χ0) is 26.7. The third-order valence-corrected chi connectivity index (χ3v) is 6.64. The molecule has 1 heterocycles. The van der Waals surface area contributed by atoms with E-state index >= 15 is 0 Å². The van der Waals surface area contributed by atoms with E-state index in [1.165, 1.54) is 0 Å². The Balaban J connectivity index is 1.59. The van der Waals surface area contributed by atoms with Crippen LogP contribution in [0.3, 0.4) is 0 Å². The number of aryl methyl sites for hydroxylation is 1. The lowest BCUT2D eigenvalue weighted by molar-refractivity contribution is 0.102. The number of nitrogens with one attached hydrogen (secondary N) is 1. The van der Waals surface area contributed by atoms with Crippen LogP contribution in [0.4, 0.5) is 5.69 Å². The molecule has 1 amide bonds. The largest absolute Gasteiger partial charge is 0.497 e. The Labute approximate surface area is 221 Å². The molecule has 2 N–H and O–H groups in total. The summed E-state index contributed by atoms with van der Waals surface area (Å²) in [5.74, 6) is 1.35. The molecule has 0 aliphatic carbocycles. The molecule has 0 unspecified atom stereocenters. The first-order valence-corrected chi connectivity index (χ1v) is 12.4. The van der Waals surface area contributed by atoms with Crippen LogP contribution in [0, 0.1) is 0 Å². The number of carbonyl (C=O) groups is 1. The minimum atomic E-state index is -1.49. The average molecular weight is 508 g/mol. The highest BCUT2D eigenvalue weighted by Gasteiger charge is 2.38. The number of ether oxygens (including phenoxy) is 2. The number of benzene rings is 4. The van der Waals surface area contributed by atoms with E-state index in [9.17, 15) is 9.90 Å². The second kappa shape index (κ2) is 10.4. The third-order valence-electron chi connectivity index (χ3n) is 6.64. The molecule has 0 aliphatic heterocycles. The van der Waals surface area contributed by atoms with Crippen molar-refractivity contribution in [1.29, 1.82) is 0 Å². The van der Waals surface area contributed by atoms with Crippen molar-refractivity contribution in [3.05, 3.63) is 120 Å². The first kappa shape index (κ1) is 25.0. The monoisotopic (exact) mass is 507 g/mol. The summed E-state index contributed by atoms with van der Waals surface area (Å²) in [4.78, 5) is 18.1. The van der Waals surface area contributed by atoms with Crippen LogP contribution in [0.5, 0.6) is 11.5 Å². The Bertz CT molecular complexity index is 1520. The summed E-state index contributed by atoms with van der Waals surface area (Å²) in [5, 5.41) is 15.2. The van der Waals surface area contributed by atoms with Crippen molar-refractivity contribution in [1.82, 2.24) is 9.55 Å². The number of amides is 1. The number of aromatic nitrogens is 2. The van der Waals surface area contributed by atoms with Gasteiger partial charge in [0.25, 0.3) is 5.91 Å². The van der Waals surface area contributed by atoms with Crippen molar-refractivity contribution in [2.24, 2.45) is 0 Å². The number of methoxy groups -OCH3 is 2. The van der Waals surface area contributed by atoms with E-state index in [1.54, 1.807) is 44.6 Å². The maximum atomic E-state index is 13.2. The highest BCUT2D eigenvalue weighted by atomic mass is 16.5. The number of imidazole rings is 1. The highest BCUT2D eigenvalue weighted by Crippen LogP contribution is 2.38. The number of fused-ring (bicyclic) bond motifs is 1. The first-order valence-electron chi connectivity index (χ1n) is 12.4. The maximum Gasteiger partial charge on any atom is 0.255 e. The molecule has 192 valence electrons. The van der Waals surface area contributed by atoms with Crippen LogP contribution < -0.4 is 14.8 Å². The average Bonchev–Trinajstić information content (AvgIpc) is 3.35. The summed E-state index contributed by atoms with van der Waals surface area (Å²) in [5.41, 5.74) is 2.39. The predicted octanol–water partition coefficient (Wildman–Crippen LogP) is 5.61. The van der Waals surface area contributed by atoms with E-state index in [1.807, 2.05) is 78.2 Å². The molecule has 0 spiro atoms. The lowest BCUT2D eigenvalue weighted by atomic mass is 9.85. The third kappa shape index (κ3) is 4.48. The van der Waals surface area contributed by atoms with E-state index in [-0.39, 0.29) is 5.91 Å². The molecule has 0 aliphatic rings. The summed E-state index contributed by atoms with van der Waals surface area (Å²) in [6.45, 7) is 2.54. The molecule has 4 aromatic carbocycles. The molecule has 0 bridgehead atoms. The molecule has 7 nitrogen and oxygen atoms in total. The van der Waals surface area contributed by atoms with Crippen molar-refractivity contribution >= 4 is 22.6 Å². The topological polar surface area (TPSA) is 85.6 Å². The van der Waals surface area contributed by atoms with Gasteiger partial charge in [0, 0.05) is 36.0 Å². The lowest BCUT2D eigenvalue weighted by Gasteiger charge is -2.29. The molecular formula is C31H29N3O4. The van der Waals surface area contributed by atoms with Gasteiger partial charge < -0.3 is 24.5 Å². The van der Waals surface area contributed by atoms with Crippen molar-refractivity contribution in [3.63, 3.8) is 0 Å².